The van der Waals surface area contributed by atoms with Crippen LogP contribution in [0.4, 0.5) is 11.4 Å². The number of aryl methyl sites for hydroxylation is 1. The van der Waals surface area contributed by atoms with Crippen molar-refractivity contribution in [2.45, 2.75) is 19.9 Å². The van der Waals surface area contributed by atoms with Crippen LogP contribution in [0.15, 0.2) is 18.2 Å². The maximum atomic E-state index is 12.0. The number of hydrogen-bond donors (Lipinski definition) is 2. The van der Waals surface area contributed by atoms with Gasteiger partial charge in [0, 0.05) is 24.1 Å². The summed E-state index contributed by atoms with van der Waals surface area (Å²) in [5, 5.41) is 2.89. The van der Waals surface area contributed by atoms with Gasteiger partial charge >= 0.3 is 0 Å². The zero-order valence-electron chi connectivity index (χ0n) is 11.5. The van der Waals surface area contributed by atoms with Crippen LogP contribution in [0.2, 0.25) is 0 Å². The molecule has 5 heteroatoms. The third-order valence-corrected chi connectivity index (χ3v) is 4.52. The molecule has 1 atom stereocenters. The fourth-order valence-electron chi connectivity index (χ4n) is 2.17. The van der Waals surface area contributed by atoms with Crippen molar-refractivity contribution < 1.29 is 4.79 Å². The fraction of sp³-hybridized carbons (Fsp3) is 0.500. The van der Waals surface area contributed by atoms with E-state index in [0.717, 1.165) is 23.6 Å². The highest BCUT2D eigenvalue weighted by Gasteiger charge is 2.21. The lowest BCUT2D eigenvalue weighted by Crippen LogP contribution is -2.44. The summed E-state index contributed by atoms with van der Waals surface area (Å²) in [6, 6.07) is 6.14. The van der Waals surface area contributed by atoms with Crippen LogP contribution in [0.3, 0.4) is 0 Å². The Kier molecular flexibility index (Phi) is 4.71. The maximum Gasteiger partial charge on any atom is 0.238 e. The Balaban J connectivity index is 1.93. The number of carbonyl (C=O) groups excluding carboxylic acids is 1. The Bertz CT molecular complexity index is 464. The molecule has 0 spiro atoms. The van der Waals surface area contributed by atoms with E-state index in [2.05, 4.69) is 17.1 Å². The van der Waals surface area contributed by atoms with E-state index in [1.165, 1.54) is 0 Å². The number of rotatable bonds is 3. The number of anilines is 2. The van der Waals surface area contributed by atoms with Gasteiger partial charge < -0.3 is 11.1 Å². The van der Waals surface area contributed by atoms with Crippen LogP contribution >= 0.6 is 11.8 Å². The number of carbonyl (C=O) groups is 1. The molecule has 0 aromatic heterocycles. The number of benzene rings is 1. The van der Waals surface area contributed by atoms with E-state index in [1.54, 1.807) is 0 Å². The molecular weight excluding hydrogens is 258 g/mol. The average Bonchev–Trinajstić information content (AvgIpc) is 2.36. The first-order chi connectivity index (χ1) is 9.06. The molecule has 104 valence electrons. The lowest BCUT2D eigenvalue weighted by Gasteiger charge is -2.32. The van der Waals surface area contributed by atoms with E-state index >= 15 is 0 Å². The van der Waals surface area contributed by atoms with Crippen LogP contribution in [-0.2, 0) is 4.79 Å². The first kappa shape index (κ1) is 14.2. The monoisotopic (exact) mass is 279 g/mol. The fourth-order valence-corrected chi connectivity index (χ4v) is 3.25. The van der Waals surface area contributed by atoms with Crippen LogP contribution in [0.1, 0.15) is 12.5 Å². The van der Waals surface area contributed by atoms with Gasteiger partial charge in [0.1, 0.15) is 0 Å². The van der Waals surface area contributed by atoms with Gasteiger partial charge in [-0.3, -0.25) is 9.69 Å². The van der Waals surface area contributed by atoms with Crippen molar-refractivity contribution in [3.63, 3.8) is 0 Å². The Labute approximate surface area is 118 Å². The predicted octanol–water partition coefficient (Wildman–Crippen LogP) is 1.95. The number of nitrogen functional groups attached to an aromatic ring is 1. The Hall–Kier alpha value is -1.20. The highest BCUT2D eigenvalue weighted by molar-refractivity contribution is 7.99. The molecule has 1 aliphatic heterocycles. The molecule has 0 bridgehead atoms. The topological polar surface area (TPSA) is 58.4 Å². The minimum Gasteiger partial charge on any atom is -0.397 e. The normalized spacial score (nSPS) is 20.2. The zero-order chi connectivity index (χ0) is 13.8. The Morgan fingerprint density at radius 1 is 1.58 bits per heavy atom. The van der Waals surface area contributed by atoms with Crippen molar-refractivity contribution in [1.29, 1.82) is 0 Å². The molecule has 4 nitrogen and oxygen atoms in total. The molecular formula is C14H21N3OS. The van der Waals surface area contributed by atoms with Crippen molar-refractivity contribution in [3.05, 3.63) is 23.8 Å². The number of nitrogens with two attached hydrogens (primary N) is 1. The number of nitrogens with one attached hydrogen (secondary N) is 1. The molecule has 3 N–H and O–H groups in total. The van der Waals surface area contributed by atoms with E-state index in [0.29, 0.717) is 24.0 Å². The van der Waals surface area contributed by atoms with Crippen molar-refractivity contribution in [2.24, 2.45) is 0 Å². The molecule has 19 heavy (non-hydrogen) atoms. The van der Waals surface area contributed by atoms with E-state index in [1.807, 2.05) is 36.9 Å². The molecule has 1 aromatic carbocycles. The molecule has 1 aromatic rings. The summed E-state index contributed by atoms with van der Waals surface area (Å²) in [6.45, 7) is 5.56. The second-order valence-corrected chi connectivity index (χ2v) is 6.18. The summed E-state index contributed by atoms with van der Waals surface area (Å²) in [6.07, 6.45) is 0. The molecule has 1 heterocycles. The molecule has 0 saturated carbocycles. The van der Waals surface area contributed by atoms with Gasteiger partial charge in [0.05, 0.1) is 17.9 Å². The van der Waals surface area contributed by atoms with Crippen molar-refractivity contribution in [1.82, 2.24) is 4.90 Å². The number of hydrogen-bond acceptors (Lipinski definition) is 4. The summed E-state index contributed by atoms with van der Waals surface area (Å²) in [5.74, 6) is 2.21. The van der Waals surface area contributed by atoms with E-state index < -0.39 is 0 Å². The van der Waals surface area contributed by atoms with Gasteiger partial charge in [-0.25, -0.2) is 0 Å². The largest absolute Gasteiger partial charge is 0.397 e. The van der Waals surface area contributed by atoms with E-state index in [9.17, 15) is 4.79 Å². The lowest BCUT2D eigenvalue weighted by molar-refractivity contribution is -0.117. The first-order valence-electron chi connectivity index (χ1n) is 6.54. The van der Waals surface area contributed by atoms with Crippen LogP contribution < -0.4 is 11.1 Å². The Morgan fingerprint density at radius 3 is 3.05 bits per heavy atom. The van der Waals surface area contributed by atoms with Gasteiger partial charge in [0.15, 0.2) is 0 Å². The van der Waals surface area contributed by atoms with Crippen LogP contribution in [-0.4, -0.2) is 41.4 Å². The number of thioether (sulfide) groups is 1. The van der Waals surface area contributed by atoms with Gasteiger partial charge in [-0.15, -0.1) is 0 Å². The van der Waals surface area contributed by atoms with Gasteiger partial charge in [-0.2, -0.15) is 11.8 Å². The minimum absolute atomic E-state index is 0.00861. The number of amides is 1. The standard InChI is InChI=1S/C14H21N3OS/c1-10-3-4-13(12(15)7-10)16-14(18)8-17-5-6-19-9-11(17)2/h3-4,7,11H,5-6,8-9,15H2,1-2H3,(H,16,18). The zero-order valence-corrected chi connectivity index (χ0v) is 12.3. The maximum absolute atomic E-state index is 12.0. The average molecular weight is 279 g/mol. The molecule has 1 unspecified atom stereocenters. The van der Waals surface area contributed by atoms with Crippen LogP contribution in [0.5, 0.6) is 0 Å². The third kappa shape index (κ3) is 3.88. The molecule has 2 rings (SSSR count). The molecule has 1 fully saturated rings. The van der Waals surface area contributed by atoms with Gasteiger partial charge in [0.25, 0.3) is 0 Å². The second kappa shape index (κ2) is 6.30. The number of nitrogens with zero attached hydrogens (tertiary/aromatic N) is 1. The predicted molar refractivity (Wildman–Crippen MR) is 82.6 cm³/mol. The highest BCUT2D eigenvalue weighted by Crippen LogP contribution is 2.20. The molecule has 1 amide bonds. The van der Waals surface area contributed by atoms with Crippen LogP contribution in [0.25, 0.3) is 0 Å². The molecule has 1 aliphatic rings. The third-order valence-electron chi connectivity index (χ3n) is 3.33. The van der Waals surface area contributed by atoms with Crippen molar-refractivity contribution in [3.8, 4) is 0 Å². The first-order valence-corrected chi connectivity index (χ1v) is 7.69. The molecule has 0 radical (unpaired) electrons. The Morgan fingerprint density at radius 2 is 2.37 bits per heavy atom. The van der Waals surface area contributed by atoms with E-state index in [-0.39, 0.29) is 5.91 Å². The smallest absolute Gasteiger partial charge is 0.238 e. The van der Waals surface area contributed by atoms with Gasteiger partial charge in [0.2, 0.25) is 5.91 Å². The molecule has 0 aliphatic carbocycles. The van der Waals surface area contributed by atoms with Gasteiger partial charge in [-0.05, 0) is 31.5 Å². The van der Waals surface area contributed by atoms with Crippen molar-refractivity contribution >= 4 is 29.0 Å². The molecule has 1 saturated heterocycles. The van der Waals surface area contributed by atoms with Crippen molar-refractivity contribution in [2.75, 3.05) is 35.6 Å². The second-order valence-electron chi connectivity index (χ2n) is 5.03. The minimum atomic E-state index is 0.00861. The SMILES string of the molecule is Cc1ccc(NC(=O)CN2CCSCC2C)c(N)c1. The lowest BCUT2D eigenvalue weighted by atomic mass is 10.2. The summed E-state index contributed by atoms with van der Waals surface area (Å²) in [4.78, 5) is 14.3. The highest BCUT2D eigenvalue weighted by atomic mass is 32.2. The quantitative estimate of drug-likeness (QED) is 0.830. The van der Waals surface area contributed by atoms with Crippen LogP contribution in [0, 0.1) is 6.92 Å². The summed E-state index contributed by atoms with van der Waals surface area (Å²) in [5.41, 5.74) is 8.32. The van der Waals surface area contributed by atoms with E-state index in [4.69, 9.17) is 5.73 Å². The summed E-state index contributed by atoms with van der Waals surface area (Å²) < 4.78 is 0. The summed E-state index contributed by atoms with van der Waals surface area (Å²) in [7, 11) is 0. The summed E-state index contributed by atoms with van der Waals surface area (Å²) >= 11 is 1.95. The van der Waals surface area contributed by atoms with Gasteiger partial charge in [-0.1, -0.05) is 6.07 Å².